The molecule has 1 heterocycles. The largest absolute Gasteiger partial charge is 0.294 e. The van der Waals surface area contributed by atoms with E-state index in [9.17, 15) is 10.1 Å². The number of nitrogens with zero attached hydrogens (tertiary/aromatic N) is 2. The van der Waals surface area contributed by atoms with Crippen LogP contribution < -0.4 is 0 Å². The van der Waals surface area contributed by atoms with Gasteiger partial charge in [-0.3, -0.25) is 15.2 Å². The first-order chi connectivity index (χ1) is 6.20. The Bertz CT molecular complexity index is 475. The third-order valence-electron chi connectivity index (χ3n) is 2.01. The van der Waals surface area contributed by atoms with E-state index in [1.807, 2.05) is 6.92 Å². The molecule has 2 aromatic rings. The molecule has 0 saturated carbocycles. The van der Waals surface area contributed by atoms with Crippen LogP contribution in [-0.4, -0.2) is 15.1 Å². The van der Waals surface area contributed by atoms with Crippen molar-refractivity contribution in [1.29, 1.82) is 0 Å². The number of non-ortho nitro benzene ring substituents is 1. The summed E-state index contributed by atoms with van der Waals surface area (Å²) in [5.74, 6) is 0. The van der Waals surface area contributed by atoms with Gasteiger partial charge in [0.25, 0.3) is 5.69 Å². The summed E-state index contributed by atoms with van der Waals surface area (Å²) in [6.45, 7) is 1.89. The zero-order valence-electron chi connectivity index (χ0n) is 6.94. The van der Waals surface area contributed by atoms with Gasteiger partial charge in [-0.15, -0.1) is 0 Å². The monoisotopic (exact) mass is 177 g/mol. The third kappa shape index (κ3) is 1.05. The summed E-state index contributed by atoms with van der Waals surface area (Å²) in [6.07, 6.45) is 1.59. The molecule has 0 bridgehead atoms. The van der Waals surface area contributed by atoms with Gasteiger partial charge in [0.15, 0.2) is 0 Å². The van der Waals surface area contributed by atoms with Crippen LogP contribution in [0.2, 0.25) is 0 Å². The number of rotatable bonds is 1. The van der Waals surface area contributed by atoms with Gasteiger partial charge in [0.2, 0.25) is 0 Å². The van der Waals surface area contributed by atoms with E-state index >= 15 is 0 Å². The van der Waals surface area contributed by atoms with Gasteiger partial charge in [-0.1, -0.05) is 6.07 Å². The molecule has 0 saturated heterocycles. The Morgan fingerprint density at radius 3 is 3.00 bits per heavy atom. The van der Waals surface area contributed by atoms with Crippen LogP contribution in [0.3, 0.4) is 0 Å². The second-order valence-corrected chi connectivity index (χ2v) is 2.82. The highest BCUT2D eigenvalue weighted by atomic mass is 16.6. The van der Waals surface area contributed by atoms with Crippen LogP contribution in [0.5, 0.6) is 0 Å². The van der Waals surface area contributed by atoms with Gasteiger partial charge >= 0.3 is 0 Å². The molecule has 2 rings (SSSR count). The van der Waals surface area contributed by atoms with Crippen LogP contribution in [0, 0.1) is 17.0 Å². The van der Waals surface area contributed by atoms with E-state index < -0.39 is 4.92 Å². The second kappa shape index (κ2) is 2.55. The van der Waals surface area contributed by atoms with Crippen LogP contribution >= 0.6 is 0 Å². The number of nitro groups is 1. The Hall–Kier alpha value is -1.91. The smallest absolute Gasteiger partial charge is 0.271 e. The topological polar surface area (TPSA) is 71.8 Å². The lowest BCUT2D eigenvalue weighted by molar-refractivity contribution is -0.383. The van der Waals surface area contributed by atoms with E-state index in [0.717, 1.165) is 10.9 Å². The lowest BCUT2D eigenvalue weighted by Crippen LogP contribution is -1.89. The molecule has 1 N–H and O–H groups in total. The van der Waals surface area contributed by atoms with Gasteiger partial charge in [0, 0.05) is 11.5 Å². The van der Waals surface area contributed by atoms with E-state index in [1.165, 1.54) is 6.07 Å². The molecular weight excluding hydrogens is 170 g/mol. The normalized spacial score (nSPS) is 10.5. The summed E-state index contributed by atoms with van der Waals surface area (Å²) in [7, 11) is 0. The predicted molar refractivity (Wildman–Crippen MR) is 47.5 cm³/mol. The van der Waals surface area contributed by atoms with Crippen molar-refractivity contribution in [2.45, 2.75) is 6.92 Å². The molecule has 5 heteroatoms. The zero-order valence-corrected chi connectivity index (χ0v) is 6.94. The van der Waals surface area contributed by atoms with Gasteiger partial charge in [-0.2, -0.15) is 5.10 Å². The quantitative estimate of drug-likeness (QED) is 0.533. The fourth-order valence-corrected chi connectivity index (χ4v) is 1.31. The Labute approximate surface area is 73.5 Å². The predicted octanol–water partition coefficient (Wildman–Crippen LogP) is 1.78. The van der Waals surface area contributed by atoms with E-state index in [-0.39, 0.29) is 5.69 Å². The molecule has 0 fully saturated rings. The lowest BCUT2D eigenvalue weighted by atomic mass is 10.1. The van der Waals surface area contributed by atoms with Crippen LogP contribution in [0.15, 0.2) is 18.3 Å². The summed E-state index contributed by atoms with van der Waals surface area (Å²) in [5, 5.41) is 17.8. The maximum atomic E-state index is 10.6. The highest BCUT2D eigenvalue weighted by Gasteiger charge is 2.13. The number of aryl methyl sites for hydroxylation is 1. The fourth-order valence-electron chi connectivity index (χ4n) is 1.31. The number of nitrogens with one attached hydrogen (secondary N) is 1. The average molecular weight is 177 g/mol. The van der Waals surface area contributed by atoms with E-state index in [4.69, 9.17) is 0 Å². The van der Waals surface area contributed by atoms with Crippen LogP contribution in [0.25, 0.3) is 10.9 Å². The van der Waals surface area contributed by atoms with Crippen molar-refractivity contribution in [2.24, 2.45) is 0 Å². The van der Waals surface area contributed by atoms with Crippen molar-refractivity contribution in [3.05, 3.63) is 34.0 Å². The summed E-state index contributed by atoms with van der Waals surface area (Å²) in [4.78, 5) is 10.2. The van der Waals surface area contributed by atoms with Gasteiger partial charge in [0.05, 0.1) is 11.1 Å². The molecule has 0 radical (unpaired) electrons. The van der Waals surface area contributed by atoms with Gasteiger partial charge in [-0.05, 0) is 12.5 Å². The van der Waals surface area contributed by atoms with Crippen LogP contribution in [-0.2, 0) is 0 Å². The molecular formula is C8H7N3O2. The minimum Gasteiger partial charge on any atom is -0.271 e. The van der Waals surface area contributed by atoms with E-state index in [2.05, 4.69) is 10.2 Å². The van der Waals surface area contributed by atoms with Crippen molar-refractivity contribution in [3.63, 3.8) is 0 Å². The molecule has 0 aliphatic heterocycles. The average Bonchev–Trinajstić information content (AvgIpc) is 2.53. The SMILES string of the molecule is Cc1ccc([N+](=O)[O-])c2[nH]ncc12. The number of aromatic amines is 1. The number of hydrogen-bond donors (Lipinski definition) is 1. The molecule has 0 aliphatic carbocycles. The third-order valence-corrected chi connectivity index (χ3v) is 2.01. The highest BCUT2D eigenvalue weighted by molar-refractivity contribution is 5.89. The van der Waals surface area contributed by atoms with Gasteiger partial charge < -0.3 is 0 Å². The number of benzene rings is 1. The highest BCUT2D eigenvalue weighted by Crippen LogP contribution is 2.25. The fraction of sp³-hybridized carbons (Fsp3) is 0.125. The van der Waals surface area contributed by atoms with Crippen molar-refractivity contribution >= 4 is 16.6 Å². The molecule has 0 atom stereocenters. The summed E-state index contributed by atoms with van der Waals surface area (Å²) >= 11 is 0. The van der Waals surface area contributed by atoms with Crippen molar-refractivity contribution in [2.75, 3.05) is 0 Å². The van der Waals surface area contributed by atoms with E-state index in [0.29, 0.717) is 5.52 Å². The molecule has 5 nitrogen and oxygen atoms in total. The first-order valence-corrected chi connectivity index (χ1v) is 3.77. The summed E-state index contributed by atoms with van der Waals surface area (Å²) in [5.41, 5.74) is 1.54. The van der Waals surface area contributed by atoms with Gasteiger partial charge in [0.1, 0.15) is 5.52 Å². The first-order valence-electron chi connectivity index (χ1n) is 3.77. The van der Waals surface area contributed by atoms with Crippen molar-refractivity contribution in [3.8, 4) is 0 Å². The maximum absolute atomic E-state index is 10.6. The number of aromatic nitrogens is 2. The minimum atomic E-state index is -0.417. The Morgan fingerprint density at radius 2 is 2.31 bits per heavy atom. The molecule has 13 heavy (non-hydrogen) atoms. The molecule has 66 valence electrons. The first kappa shape index (κ1) is 7.72. The Kier molecular flexibility index (Phi) is 1.51. The van der Waals surface area contributed by atoms with Crippen molar-refractivity contribution < 1.29 is 4.92 Å². The van der Waals surface area contributed by atoms with E-state index in [1.54, 1.807) is 12.3 Å². The number of H-pyrrole nitrogens is 1. The number of nitro benzene ring substituents is 1. The molecule has 0 amide bonds. The number of fused-ring (bicyclic) bond motifs is 1. The molecule has 0 aliphatic rings. The van der Waals surface area contributed by atoms with Gasteiger partial charge in [-0.25, -0.2) is 0 Å². The van der Waals surface area contributed by atoms with Crippen LogP contribution in [0.4, 0.5) is 5.69 Å². The molecule has 0 unspecified atom stereocenters. The lowest BCUT2D eigenvalue weighted by Gasteiger charge is -1.95. The molecule has 0 spiro atoms. The number of hydrogen-bond acceptors (Lipinski definition) is 3. The summed E-state index contributed by atoms with van der Waals surface area (Å²) < 4.78 is 0. The Balaban J connectivity index is 2.86. The van der Waals surface area contributed by atoms with Crippen LogP contribution in [0.1, 0.15) is 5.56 Å². The van der Waals surface area contributed by atoms with Crippen molar-refractivity contribution in [1.82, 2.24) is 10.2 Å². The molecule has 1 aromatic carbocycles. The minimum absolute atomic E-state index is 0.0677. The second-order valence-electron chi connectivity index (χ2n) is 2.82. The Morgan fingerprint density at radius 1 is 1.54 bits per heavy atom. The zero-order chi connectivity index (χ0) is 9.42. The summed E-state index contributed by atoms with van der Waals surface area (Å²) in [6, 6.07) is 3.20. The standard InChI is InChI=1S/C8H7N3O2/c1-5-2-3-7(11(12)13)8-6(5)4-9-10-8/h2-4H,1H3,(H,9,10). The maximum Gasteiger partial charge on any atom is 0.294 e. The molecule has 1 aromatic heterocycles.